The minimum Gasteiger partial charge on any atom is -0.310 e. The second-order valence-corrected chi connectivity index (χ2v) is 4.38. The Morgan fingerprint density at radius 1 is 1.19 bits per heavy atom. The minimum absolute atomic E-state index is 0.376. The molecular weight excluding hydrogens is 196 g/mol. The summed E-state index contributed by atoms with van der Waals surface area (Å²) in [5.74, 6) is 0. The van der Waals surface area contributed by atoms with Gasteiger partial charge in [-0.2, -0.15) is 0 Å². The second kappa shape index (κ2) is 5.80. The zero-order valence-electron chi connectivity index (χ0n) is 9.95. The van der Waals surface area contributed by atoms with Gasteiger partial charge in [0.15, 0.2) is 0 Å². The summed E-state index contributed by atoms with van der Waals surface area (Å²) in [6, 6.07) is 4.58. The van der Waals surface area contributed by atoms with E-state index in [2.05, 4.69) is 28.5 Å². The number of likely N-dealkylation sites (N-methyl/N-ethyl adjacent to an activating group) is 1. The summed E-state index contributed by atoms with van der Waals surface area (Å²) < 4.78 is 0. The van der Waals surface area contributed by atoms with Crippen LogP contribution in [0.3, 0.4) is 0 Å². The molecule has 1 aliphatic carbocycles. The molecule has 1 aliphatic rings. The van der Waals surface area contributed by atoms with Gasteiger partial charge in [0.2, 0.25) is 0 Å². The highest BCUT2D eigenvalue weighted by Crippen LogP contribution is 2.28. The van der Waals surface area contributed by atoms with Crippen LogP contribution < -0.4 is 5.32 Å². The molecule has 0 spiro atoms. The van der Waals surface area contributed by atoms with Gasteiger partial charge in [-0.15, -0.1) is 0 Å². The molecule has 0 saturated heterocycles. The minimum atomic E-state index is 0.376. The van der Waals surface area contributed by atoms with Gasteiger partial charge < -0.3 is 5.32 Å². The third-order valence-electron chi connectivity index (χ3n) is 3.28. The zero-order valence-corrected chi connectivity index (χ0v) is 9.95. The van der Waals surface area contributed by atoms with Crippen molar-refractivity contribution in [3.63, 3.8) is 0 Å². The van der Waals surface area contributed by atoms with Crippen molar-refractivity contribution in [3.05, 3.63) is 41.7 Å². The van der Waals surface area contributed by atoms with Crippen molar-refractivity contribution in [1.82, 2.24) is 10.3 Å². The Morgan fingerprint density at radius 2 is 2.00 bits per heavy atom. The first-order valence-corrected chi connectivity index (χ1v) is 6.18. The van der Waals surface area contributed by atoms with Gasteiger partial charge in [0.1, 0.15) is 0 Å². The molecule has 1 unspecified atom stereocenters. The van der Waals surface area contributed by atoms with Gasteiger partial charge in [0, 0.05) is 12.4 Å². The van der Waals surface area contributed by atoms with Crippen molar-refractivity contribution in [1.29, 1.82) is 0 Å². The summed E-state index contributed by atoms with van der Waals surface area (Å²) in [5, 5.41) is 3.42. The van der Waals surface area contributed by atoms with Crippen LogP contribution in [0.4, 0.5) is 0 Å². The first-order chi connectivity index (χ1) is 7.92. The summed E-state index contributed by atoms with van der Waals surface area (Å²) >= 11 is 0. The van der Waals surface area contributed by atoms with Gasteiger partial charge in [0.25, 0.3) is 0 Å². The monoisotopic (exact) mass is 216 g/mol. The number of hydrogen-bond donors (Lipinski definition) is 1. The van der Waals surface area contributed by atoms with Crippen molar-refractivity contribution >= 4 is 0 Å². The van der Waals surface area contributed by atoms with E-state index in [-0.39, 0.29) is 0 Å². The lowest BCUT2D eigenvalue weighted by molar-refractivity contribution is 0.628. The lowest BCUT2D eigenvalue weighted by Gasteiger charge is -2.19. The van der Waals surface area contributed by atoms with Crippen LogP contribution in [0.15, 0.2) is 36.2 Å². The van der Waals surface area contributed by atoms with Crippen LogP contribution in [0.5, 0.6) is 0 Å². The number of hydrogen-bond acceptors (Lipinski definition) is 2. The first kappa shape index (κ1) is 11.3. The molecule has 0 amide bonds. The average Bonchev–Trinajstić information content (AvgIpc) is 2.61. The van der Waals surface area contributed by atoms with Crippen LogP contribution in [-0.4, -0.2) is 12.0 Å². The van der Waals surface area contributed by atoms with Gasteiger partial charge in [0.05, 0.1) is 6.04 Å². The molecule has 0 aliphatic heterocycles. The van der Waals surface area contributed by atoms with Crippen LogP contribution in [0.25, 0.3) is 0 Å². The second-order valence-electron chi connectivity index (χ2n) is 4.38. The van der Waals surface area contributed by atoms with E-state index in [1.165, 1.54) is 37.7 Å². The van der Waals surface area contributed by atoms with Crippen LogP contribution in [0, 0.1) is 0 Å². The molecule has 2 rings (SSSR count). The molecule has 1 heterocycles. The van der Waals surface area contributed by atoms with Gasteiger partial charge in [-0.05, 0) is 50.4 Å². The summed E-state index contributed by atoms with van der Waals surface area (Å²) in [6.07, 6.45) is 12.7. The van der Waals surface area contributed by atoms with Crippen LogP contribution in [0.1, 0.15) is 43.7 Å². The van der Waals surface area contributed by atoms with E-state index in [1.54, 1.807) is 5.57 Å². The van der Waals surface area contributed by atoms with Gasteiger partial charge >= 0.3 is 0 Å². The number of aromatic nitrogens is 1. The molecular formula is C14H20N2. The number of allylic oxidation sites excluding steroid dienone is 1. The Hall–Kier alpha value is -1.15. The highest BCUT2D eigenvalue weighted by Gasteiger charge is 2.15. The smallest absolute Gasteiger partial charge is 0.0534 e. The van der Waals surface area contributed by atoms with E-state index < -0.39 is 0 Å². The van der Waals surface area contributed by atoms with Crippen molar-refractivity contribution in [2.45, 2.75) is 38.1 Å². The molecule has 2 heteroatoms. The van der Waals surface area contributed by atoms with Crippen molar-refractivity contribution in [2.24, 2.45) is 0 Å². The molecule has 0 fully saturated rings. The Kier molecular flexibility index (Phi) is 4.11. The third kappa shape index (κ3) is 2.70. The lowest BCUT2D eigenvalue weighted by Crippen LogP contribution is -2.18. The fourth-order valence-corrected chi connectivity index (χ4v) is 2.42. The summed E-state index contributed by atoms with van der Waals surface area (Å²) in [5.41, 5.74) is 2.87. The molecule has 1 N–H and O–H groups in total. The van der Waals surface area contributed by atoms with E-state index >= 15 is 0 Å². The summed E-state index contributed by atoms with van der Waals surface area (Å²) in [4.78, 5) is 4.08. The summed E-state index contributed by atoms with van der Waals surface area (Å²) in [6.45, 7) is 0. The molecule has 1 aromatic rings. The number of nitrogens with zero attached hydrogens (tertiary/aromatic N) is 1. The van der Waals surface area contributed by atoms with E-state index in [1.807, 2.05) is 19.4 Å². The molecule has 0 saturated carbocycles. The SMILES string of the molecule is CNC(C1=CCCCCC1)c1ccncc1. The topological polar surface area (TPSA) is 24.9 Å². The molecule has 16 heavy (non-hydrogen) atoms. The molecule has 1 atom stereocenters. The van der Waals surface area contributed by atoms with Gasteiger partial charge in [-0.3, -0.25) is 4.98 Å². The van der Waals surface area contributed by atoms with Crippen molar-refractivity contribution in [3.8, 4) is 0 Å². The zero-order chi connectivity index (χ0) is 11.2. The predicted molar refractivity (Wildman–Crippen MR) is 67.2 cm³/mol. The van der Waals surface area contributed by atoms with Crippen LogP contribution in [0.2, 0.25) is 0 Å². The van der Waals surface area contributed by atoms with E-state index in [0.717, 1.165) is 0 Å². The number of pyridine rings is 1. The maximum absolute atomic E-state index is 4.08. The maximum Gasteiger partial charge on any atom is 0.0534 e. The Labute approximate surface area is 97.8 Å². The molecule has 86 valence electrons. The maximum atomic E-state index is 4.08. The molecule has 0 aromatic carbocycles. The molecule has 2 nitrogen and oxygen atoms in total. The number of nitrogens with one attached hydrogen (secondary N) is 1. The largest absolute Gasteiger partial charge is 0.310 e. The fraction of sp³-hybridized carbons (Fsp3) is 0.500. The normalized spacial score (nSPS) is 18.7. The van der Waals surface area contributed by atoms with Crippen molar-refractivity contribution in [2.75, 3.05) is 7.05 Å². The van der Waals surface area contributed by atoms with Gasteiger partial charge in [-0.1, -0.05) is 18.1 Å². The van der Waals surface area contributed by atoms with E-state index in [9.17, 15) is 0 Å². The molecule has 1 aromatic heterocycles. The highest BCUT2D eigenvalue weighted by molar-refractivity contribution is 5.26. The lowest BCUT2D eigenvalue weighted by atomic mass is 9.96. The van der Waals surface area contributed by atoms with Crippen LogP contribution >= 0.6 is 0 Å². The Bertz CT molecular complexity index is 343. The average molecular weight is 216 g/mol. The standard InChI is InChI=1S/C14H20N2/c1-15-14(13-8-10-16-11-9-13)12-6-4-2-3-5-7-12/h6,8-11,14-15H,2-5,7H2,1H3. The Balaban J connectivity index is 2.18. The van der Waals surface area contributed by atoms with E-state index in [4.69, 9.17) is 0 Å². The van der Waals surface area contributed by atoms with Gasteiger partial charge in [-0.25, -0.2) is 0 Å². The predicted octanol–water partition coefficient (Wildman–Crippen LogP) is 3.23. The molecule has 0 bridgehead atoms. The molecule has 0 radical (unpaired) electrons. The summed E-state index contributed by atoms with van der Waals surface area (Å²) in [7, 11) is 2.04. The fourth-order valence-electron chi connectivity index (χ4n) is 2.42. The van der Waals surface area contributed by atoms with E-state index in [0.29, 0.717) is 6.04 Å². The Morgan fingerprint density at radius 3 is 2.75 bits per heavy atom. The van der Waals surface area contributed by atoms with Crippen LogP contribution in [-0.2, 0) is 0 Å². The number of rotatable bonds is 3. The van der Waals surface area contributed by atoms with Crippen molar-refractivity contribution < 1.29 is 0 Å². The third-order valence-corrected chi connectivity index (χ3v) is 3.28. The first-order valence-electron chi connectivity index (χ1n) is 6.18. The highest BCUT2D eigenvalue weighted by atomic mass is 14.9. The quantitative estimate of drug-likeness (QED) is 0.785.